The van der Waals surface area contributed by atoms with Crippen LogP contribution in [0.3, 0.4) is 0 Å². The largest absolute Gasteiger partial charge is 0.480 e. The van der Waals surface area contributed by atoms with Crippen molar-refractivity contribution in [1.82, 2.24) is 14.1 Å². The van der Waals surface area contributed by atoms with Crippen LogP contribution in [0.4, 0.5) is 0 Å². The average Bonchev–Trinajstić information content (AvgIpc) is 2.62. The first-order valence-electron chi connectivity index (χ1n) is 4.90. The summed E-state index contributed by atoms with van der Waals surface area (Å²) in [5.74, 6) is -1.36. The number of nitrogens with zero attached hydrogens (tertiary/aromatic N) is 3. The highest BCUT2D eigenvalue weighted by Gasteiger charge is 2.31. The van der Waals surface area contributed by atoms with E-state index in [0.29, 0.717) is 5.56 Å². The number of carboxylic acid groups (broad SMARTS) is 1. The number of hydrogen-bond acceptors (Lipinski definition) is 4. The van der Waals surface area contributed by atoms with E-state index >= 15 is 0 Å². The number of carboxylic acids is 1. The van der Waals surface area contributed by atoms with Gasteiger partial charge in [0.2, 0.25) is 10.0 Å². The topological polar surface area (TPSA) is 92.5 Å². The lowest BCUT2D eigenvalue weighted by Gasteiger charge is -2.18. The Morgan fingerprint density at radius 3 is 2.65 bits per heavy atom. The maximum absolute atomic E-state index is 11.8. The van der Waals surface area contributed by atoms with Crippen molar-refractivity contribution in [3.05, 3.63) is 18.0 Å². The lowest BCUT2D eigenvalue weighted by Crippen LogP contribution is -2.38. The number of aromatic nitrogens is 2. The van der Waals surface area contributed by atoms with Gasteiger partial charge in [0, 0.05) is 32.4 Å². The number of rotatable bonds is 5. The van der Waals surface area contributed by atoms with E-state index in [-0.39, 0.29) is 6.54 Å². The van der Waals surface area contributed by atoms with Crippen LogP contribution in [-0.2, 0) is 28.4 Å². The molecule has 8 heteroatoms. The fourth-order valence-electron chi connectivity index (χ4n) is 1.30. The Morgan fingerprint density at radius 2 is 2.24 bits per heavy atom. The highest BCUT2D eigenvalue weighted by Crippen LogP contribution is 2.11. The first kappa shape index (κ1) is 13.7. The summed E-state index contributed by atoms with van der Waals surface area (Å²) in [6.07, 6.45) is 3.22. The Hall–Kier alpha value is -1.41. The molecular formula is C9H15N3O4S. The third kappa shape index (κ3) is 3.04. The molecule has 1 atom stereocenters. The SMILES string of the molecule is CC(C(=O)O)S(=O)(=O)N(C)Cc1cnn(C)c1. The Labute approximate surface area is 99.7 Å². The van der Waals surface area contributed by atoms with Crippen molar-refractivity contribution in [3.8, 4) is 0 Å². The Bertz CT molecular complexity index is 508. The molecule has 0 saturated heterocycles. The highest BCUT2D eigenvalue weighted by molar-refractivity contribution is 7.90. The van der Waals surface area contributed by atoms with Crippen molar-refractivity contribution >= 4 is 16.0 Å². The summed E-state index contributed by atoms with van der Waals surface area (Å²) in [7, 11) is -0.761. The number of aryl methyl sites for hydroxylation is 1. The molecule has 0 aliphatic heterocycles. The van der Waals surface area contributed by atoms with Crippen molar-refractivity contribution in [3.63, 3.8) is 0 Å². The molecule has 0 amide bonds. The van der Waals surface area contributed by atoms with Gasteiger partial charge >= 0.3 is 5.97 Å². The molecular weight excluding hydrogens is 246 g/mol. The number of aliphatic carboxylic acids is 1. The van der Waals surface area contributed by atoms with E-state index in [4.69, 9.17) is 5.11 Å². The standard InChI is InChI=1S/C9H15N3O4S/c1-7(9(13)14)17(15,16)12(3)6-8-4-10-11(2)5-8/h4-5,7H,6H2,1-3H3,(H,13,14). The zero-order valence-corrected chi connectivity index (χ0v) is 10.7. The van der Waals surface area contributed by atoms with Gasteiger partial charge in [-0.3, -0.25) is 9.48 Å². The molecule has 17 heavy (non-hydrogen) atoms. The molecule has 96 valence electrons. The maximum atomic E-state index is 11.8. The summed E-state index contributed by atoms with van der Waals surface area (Å²) in [5, 5.41) is 11.2. The van der Waals surface area contributed by atoms with E-state index < -0.39 is 21.2 Å². The van der Waals surface area contributed by atoms with Gasteiger partial charge in [0.25, 0.3) is 0 Å². The van der Waals surface area contributed by atoms with Crippen LogP contribution in [0.25, 0.3) is 0 Å². The molecule has 1 rings (SSSR count). The van der Waals surface area contributed by atoms with Crippen LogP contribution < -0.4 is 0 Å². The smallest absolute Gasteiger partial charge is 0.323 e. The fraction of sp³-hybridized carbons (Fsp3) is 0.556. The molecule has 0 saturated carbocycles. The van der Waals surface area contributed by atoms with E-state index in [2.05, 4.69) is 5.10 Å². The Morgan fingerprint density at radius 1 is 1.65 bits per heavy atom. The summed E-state index contributed by atoms with van der Waals surface area (Å²) < 4.78 is 26.2. The lowest BCUT2D eigenvalue weighted by atomic mass is 10.4. The molecule has 1 heterocycles. The second kappa shape index (κ2) is 4.84. The van der Waals surface area contributed by atoms with Gasteiger partial charge < -0.3 is 5.11 Å². The lowest BCUT2D eigenvalue weighted by molar-refractivity contribution is -0.136. The van der Waals surface area contributed by atoms with Gasteiger partial charge in [0.1, 0.15) is 0 Å². The molecule has 0 radical (unpaired) electrons. The first-order chi connectivity index (χ1) is 7.75. The molecule has 0 spiro atoms. The predicted octanol–water partition coefficient (Wildman–Crippen LogP) is -0.345. The van der Waals surface area contributed by atoms with E-state index in [1.54, 1.807) is 17.9 Å². The molecule has 0 aromatic carbocycles. The second-order valence-corrected chi connectivity index (χ2v) is 6.16. The molecule has 0 bridgehead atoms. The van der Waals surface area contributed by atoms with Crippen LogP contribution in [0.15, 0.2) is 12.4 Å². The van der Waals surface area contributed by atoms with E-state index in [0.717, 1.165) is 11.2 Å². The van der Waals surface area contributed by atoms with E-state index in [9.17, 15) is 13.2 Å². The van der Waals surface area contributed by atoms with Crippen molar-refractivity contribution in [2.75, 3.05) is 7.05 Å². The average molecular weight is 261 g/mol. The summed E-state index contributed by atoms with van der Waals surface area (Å²) in [6, 6.07) is 0. The van der Waals surface area contributed by atoms with Crippen molar-refractivity contribution in [2.24, 2.45) is 7.05 Å². The number of hydrogen-bond donors (Lipinski definition) is 1. The van der Waals surface area contributed by atoms with Crippen LogP contribution in [-0.4, -0.2) is 45.9 Å². The molecule has 1 aromatic heterocycles. The van der Waals surface area contributed by atoms with Crippen LogP contribution in [0.2, 0.25) is 0 Å². The maximum Gasteiger partial charge on any atom is 0.323 e. The second-order valence-electron chi connectivity index (χ2n) is 3.80. The van der Waals surface area contributed by atoms with E-state index in [1.165, 1.54) is 13.2 Å². The third-order valence-electron chi connectivity index (χ3n) is 2.39. The highest BCUT2D eigenvalue weighted by atomic mass is 32.2. The molecule has 1 unspecified atom stereocenters. The Kier molecular flexibility index (Phi) is 3.89. The minimum absolute atomic E-state index is 0.105. The van der Waals surface area contributed by atoms with Crippen molar-refractivity contribution in [1.29, 1.82) is 0 Å². The zero-order valence-electron chi connectivity index (χ0n) is 9.86. The molecule has 1 N–H and O–H groups in total. The van der Waals surface area contributed by atoms with Gasteiger partial charge in [-0.25, -0.2) is 8.42 Å². The molecule has 0 fully saturated rings. The quantitative estimate of drug-likeness (QED) is 0.782. The van der Waals surface area contributed by atoms with Crippen LogP contribution in [0, 0.1) is 0 Å². The predicted molar refractivity (Wildman–Crippen MR) is 60.7 cm³/mol. The fourth-order valence-corrected chi connectivity index (χ4v) is 2.42. The molecule has 7 nitrogen and oxygen atoms in total. The van der Waals surface area contributed by atoms with Gasteiger partial charge in [-0.15, -0.1) is 0 Å². The van der Waals surface area contributed by atoms with Gasteiger partial charge in [-0.1, -0.05) is 0 Å². The molecule has 0 aliphatic carbocycles. The van der Waals surface area contributed by atoms with Crippen LogP contribution >= 0.6 is 0 Å². The van der Waals surface area contributed by atoms with Gasteiger partial charge in [-0.05, 0) is 6.92 Å². The normalized spacial score (nSPS) is 13.9. The monoisotopic (exact) mass is 261 g/mol. The van der Waals surface area contributed by atoms with Crippen LogP contribution in [0.5, 0.6) is 0 Å². The molecule has 1 aromatic rings. The summed E-state index contributed by atoms with van der Waals surface area (Å²) in [5.41, 5.74) is 0.705. The number of carbonyl (C=O) groups is 1. The van der Waals surface area contributed by atoms with Crippen LogP contribution in [0.1, 0.15) is 12.5 Å². The van der Waals surface area contributed by atoms with Crippen molar-refractivity contribution in [2.45, 2.75) is 18.7 Å². The molecule has 0 aliphatic rings. The summed E-state index contributed by atoms with van der Waals surface area (Å²) in [4.78, 5) is 10.7. The Balaban J connectivity index is 2.83. The zero-order chi connectivity index (χ0) is 13.2. The third-order valence-corrected chi connectivity index (χ3v) is 4.49. The van der Waals surface area contributed by atoms with Gasteiger partial charge in [0.15, 0.2) is 5.25 Å². The minimum atomic E-state index is -3.83. The summed E-state index contributed by atoms with van der Waals surface area (Å²) in [6.45, 7) is 1.26. The summed E-state index contributed by atoms with van der Waals surface area (Å²) >= 11 is 0. The number of sulfonamides is 1. The van der Waals surface area contributed by atoms with Crippen molar-refractivity contribution < 1.29 is 18.3 Å². The van der Waals surface area contributed by atoms with E-state index in [1.807, 2.05) is 0 Å². The minimum Gasteiger partial charge on any atom is -0.480 e. The van der Waals surface area contributed by atoms with Gasteiger partial charge in [0.05, 0.1) is 6.20 Å². The first-order valence-corrected chi connectivity index (χ1v) is 6.41. The van der Waals surface area contributed by atoms with Gasteiger partial charge in [-0.2, -0.15) is 9.40 Å².